The van der Waals surface area contributed by atoms with E-state index in [-0.39, 0.29) is 11.1 Å². The number of hydrogen-bond acceptors (Lipinski definition) is 3. The van der Waals surface area contributed by atoms with Crippen LogP contribution in [0.5, 0.6) is 0 Å². The first-order chi connectivity index (χ1) is 8.10. The standard InChI is InChI=1S/C12H14ClN3O/c1-3-5-16(6-4-2)12(17)9-7-11(13)15-8-10(9)14/h3-4,7-8H,1-2,5-6,14H2. The van der Waals surface area contributed by atoms with Gasteiger partial charge in [0.1, 0.15) is 5.15 Å². The molecule has 1 aromatic rings. The monoisotopic (exact) mass is 251 g/mol. The molecule has 1 amide bonds. The van der Waals surface area contributed by atoms with Crippen molar-refractivity contribution in [1.29, 1.82) is 0 Å². The Bertz CT molecular complexity index is 435. The van der Waals surface area contributed by atoms with Crippen LogP contribution in [0.25, 0.3) is 0 Å². The smallest absolute Gasteiger partial charge is 0.256 e. The number of aromatic nitrogens is 1. The van der Waals surface area contributed by atoms with Crippen LogP contribution in [-0.2, 0) is 0 Å². The van der Waals surface area contributed by atoms with Crippen molar-refractivity contribution < 1.29 is 4.79 Å². The van der Waals surface area contributed by atoms with E-state index >= 15 is 0 Å². The second-order valence-corrected chi connectivity index (χ2v) is 3.77. The highest BCUT2D eigenvalue weighted by Gasteiger charge is 2.16. The first-order valence-corrected chi connectivity index (χ1v) is 5.40. The maximum absolute atomic E-state index is 12.2. The minimum absolute atomic E-state index is 0.216. The van der Waals surface area contributed by atoms with Crippen LogP contribution in [-0.4, -0.2) is 28.9 Å². The van der Waals surface area contributed by atoms with E-state index in [4.69, 9.17) is 17.3 Å². The molecular formula is C12H14ClN3O. The number of nitrogen functional groups attached to an aromatic ring is 1. The summed E-state index contributed by atoms with van der Waals surface area (Å²) in [4.78, 5) is 17.5. The summed E-state index contributed by atoms with van der Waals surface area (Å²) in [5.41, 5.74) is 6.34. The first-order valence-electron chi connectivity index (χ1n) is 5.02. The summed E-state index contributed by atoms with van der Waals surface area (Å²) in [5, 5.41) is 0.236. The molecule has 0 saturated heterocycles. The molecule has 5 heteroatoms. The number of carbonyl (C=O) groups excluding carboxylic acids is 1. The van der Waals surface area contributed by atoms with Crippen molar-refractivity contribution in [1.82, 2.24) is 9.88 Å². The molecule has 2 N–H and O–H groups in total. The lowest BCUT2D eigenvalue weighted by Crippen LogP contribution is -2.31. The number of pyridine rings is 1. The number of hydrogen-bond donors (Lipinski definition) is 1. The van der Waals surface area contributed by atoms with Crippen molar-refractivity contribution in [3.63, 3.8) is 0 Å². The van der Waals surface area contributed by atoms with Crippen LogP contribution in [0.3, 0.4) is 0 Å². The molecule has 0 fully saturated rings. The number of nitrogens with zero attached hydrogens (tertiary/aromatic N) is 2. The van der Waals surface area contributed by atoms with E-state index in [1.807, 2.05) is 0 Å². The second-order valence-electron chi connectivity index (χ2n) is 3.38. The minimum Gasteiger partial charge on any atom is -0.397 e. The third-order valence-electron chi connectivity index (χ3n) is 2.12. The van der Waals surface area contributed by atoms with E-state index < -0.39 is 0 Å². The SMILES string of the molecule is C=CCN(CC=C)C(=O)c1cc(Cl)ncc1N. The average molecular weight is 252 g/mol. The molecule has 0 saturated carbocycles. The first kappa shape index (κ1) is 13.3. The molecular weight excluding hydrogens is 238 g/mol. The Kier molecular flexibility index (Phi) is 4.72. The summed E-state index contributed by atoms with van der Waals surface area (Å²) in [5.74, 6) is -0.216. The van der Waals surface area contributed by atoms with Gasteiger partial charge in [-0.25, -0.2) is 4.98 Å². The van der Waals surface area contributed by atoms with E-state index in [1.54, 1.807) is 17.1 Å². The number of halogens is 1. The number of rotatable bonds is 5. The highest BCUT2D eigenvalue weighted by molar-refractivity contribution is 6.29. The van der Waals surface area contributed by atoms with Crippen LogP contribution in [0.2, 0.25) is 5.15 Å². The van der Waals surface area contributed by atoms with Crippen molar-refractivity contribution in [2.24, 2.45) is 0 Å². The number of carbonyl (C=O) groups is 1. The molecule has 1 rings (SSSR count). The molecule has 4 nitrogen and oxygen atoms in total. The molecule has 0 aromatic carbocycles. The fourth-order valence-corrected chi connectivity index (χ4v) is 1.51. The van der Waals surface area contributed by atoms with Gasteiger partial charge in [-0.3, -0.25) is 4.79 Å². The van der Waals surface area contributed by atoms with Gasteiger partial charge in [0.05, 0.1) is 17.4 Å². The van der Waals surface area contributed by atoms with Gasteiger partial charge in [-0.1, -0.05) is 23.8 Å². The van der Waals surface area contributed by atoms with Crippen LogP contribution in [0.15, 0.2) is 37.6 Å². The number of amides is 1. The molecule has 0 atom stereocenters. The van der Waals surface area contributed by atoms with E-state index in [0.717, 1.165) is 0 Å². The summed E-state index contributed by atoms with van der Waals surface area (Å²) < 4.78 is 0. The summed E-state index contributed by atoms with van der Waals surface area (Å²) in [6, 6.07) is 1.46. The van der Waals surface area contributed by atoms with Gasteiger partial charge in [0, 0.05) is 13.1 Å². The van der Waals surface area contributed by atoms with Crippen molar-refractivity contribution >= 4 is 23.2 Å². The van der Waals surface area contributed by atoms with E-state index in [9.17, 15) is 4.79 Å². The van der Waals surface area contributed by atoms with Gasteiger partial charge in [-0.05, 0) is 6.07 Å². The highest BCUT2D eigenvalue weighted by Crippen LogP contribution is 2.17. The predicted molar refractivity (Wildman–Crippen MR) is 70.0 cm³/mol. The zero-order chi connectivity index (χ0) is 12.8. The topological polar surface area (TPSA) is 59.2 Å². The van der Waals surface area contributed by atoms with Gasteiger partial charge in [0.15, 0.2) is 0 Å². The summed E-state index contributed by atoms with van der Waals surface area (Å²) >= 11 is 5.74. The van der Waals surface area contributed by atoms with Crippen LogP contribution >= 0.6 is 11.6 Å². The molecule has 0 radical (unpaired) electrons. The van der Waals surface area contributed by atoms with Crippen molar-refractivity contribution in [2.45, 2.75) is 0 Å². The van der Waals surface area contributed by atoms with E-state index in [0.29, 0.717) is 24.3 Å². The fraction of sp³-hybridized carbons (Fsp3) is 0.167. The zero-order valence-corrected chi connectivity index (χ0v) is 10.2. The molecule has 0 spiro atoms. The van der Waals surface area contributed by atoms with Gasteiger partial charge in [-0.2, -0.15) is 0 Å². The minimum atomic E-state index is -0.216. The number of nitrogens with two attached hydrogens (primary N) is 1. The quantitative estimate of drug-likeness (QED) is 0.644. The third-order valence-corrected chi connectivity index (χ3v) is 2.32. The zero-order valence-electron chi connectivity index (χ0n) is 9.40. The maximum atomic E-state index is 12.2. The Balaban J connectivity index is 3.03. The average Bonchev–Trinajstić information content (AvgIpc) is 2.31. The van der Waals surface area contributed by atoms with E-state index in [2.05, 4.69) is 18.1 Å². The van der Waals surface area contributed by atoms with Gasteiger partial charge in [0.25, 0.3) is 5.91 Å². The lowest BCUT2D eigenvalue weighted by molar-refractivity contribution is 0.0792. The van der Waals surface area contributed by atoms with Gasteiger partial charge >= 0.3 is 0 Å². The molecule has 0 aliphatic rings. The Hall–Kier alpha value is -1.81. The predicted octanol–water partition coefficient (Wildman–Crippen LogP) is 2.13. The van der Waals surface area contributed by atoms with Crippen LogP contribution in [0.1, 0.15) is 10.4 Å². The Morgan fingerprint density at radius 3 is 2.59 bits per heavy atom. The molecule has 1 aromatic heterocycles. The third kappa shape index (κ3) is 3.32. The number of anilines is 1. The van der Waals surface area contributed by atoms with Gasteiger partial charge < -0.3 is 10.6 Å². The van der Waals surface area contributed by atoms with Gasteiger partial charge in [-0.15, -0.1) is 13.2 Å². The molecule has 0 aliphatic heterocycles. The molecule has 90 valence electrons. The molecule has 0 unspecified atom stereocenters. The van der Waals surface area contributed by atoms with Crippen LogP contribution < -0.4 is 5.73 Å². The normalized spacial score (nSPS) is 9.71. The molecule has 1 heterocycles. The Morgan fingerprint density at radius 1 is 1.47 bits per heavy atom. The van der Waals surface area contributed by atoms with Crippen molar-refractivity contribution in [2.75, 3.05) is 18.8 Å². The van der Waals surface area contributed by atoms with Gasteiger partial charge in [0.2, 0.25) is 0 Å². The van der Waals surface area contributed by atoms with Crippen molar-refractivity contribution in [3.05, 3.63) is 48.3 Å². The largest absolute Gasteiger partial charge is 0.397 e. The maximum Gasteiger partial charge on any atom is 0.256 e. The van der Waals surface area contributed by atoms with Crippen LogP contribution in [0.4, 0.5) is 5.69 Å². The molecule has 17 heavy (non-hydrogen) atoms. The van der Waals surface area contributed by atoms with Crippen LogP contribution in [0, 0.1) is 0 Å². The summed E-state index contributed by atoms with van der Waals surface area (Å²) in [6.07, 6.45) is 4.65. The molecule has 0 bridgehead atoms. The summed E-state index contributed by atoms with van der Waals surface area (Å²) in [7, 11) is 0. The Labute approximate surface area is 105 Å². The van der Waals surface area contributed by atoms with E-state index in [1.165, 1.54) is 12.3 Å². The Morgan fingerprint density at radius 2 is 2.06 bits per heavy atom. The lowest BCUT2D eigenvalue weighted by Gasteiger charge is -2.20. The fourth-order valence-electron chi connectivity index (χ4n) is 1.35. The second kappa shape index (κ2) is 6.06. The lowest BCUT2D eigenvalue weighted by atomic mass is 10.2. The van der Waals surface area contributed by atoms with Crippen molar-refractivity contribution in [3.8, 4) is 0 Å². The summed E-state index contributed by atoms with van der Waals surface area (Å²) in [6.45, 7) is 8.04. The molecule has 0 aliphatic carbocycles. The highest BCUT2D eigenvalue weighted by atomic mass is 35.5.